The highest BCUT2D eigenvalue weighted by Crippen LogP contribution is 2.27. The van der Waals surface area contributed by atoms with E-state index in [4.69, 9.17) is 14.2 Å². The first-order chi connectivity index (χ1) is 16.8. The van der Waals surface area contributed by atoms with Crippen molar-refractivity contribution in [3.05, 3.63) is 82.9 Å². The summed E-state index contributed by atoms with van der Waals surface area (Å²) in [7, 11) is 3.17. The van der Waals surface area contributed by atoms with Crippen LogP contribution < -0.4 is 24.8 Å². The highest BCUT2D eigenvalue weighted by atomic mass is 16.5. The Balaban J connectivity index is 1.61. The third-order valence-electron chi connectivity index (χ3n) is 5.80. The Morgan fingerprint density at radius 2 is 1.63 bits per heavy atom. The van der Waals surface area contributed by atoms with Crippen LogP contribution in [0.15, 0.2) is 60.7 Å². The van der Waals surface area contributed by atoms with Crippen LogP contribution in [0.3, 0.4) is 0 Å². The quantitative estimate of drug-likeness (QED) is 0.443. The van der Waals surface area contributed by atoms with Crippen LogP contribution in [-0.2, 0) is 11.2 Å². The molecule has 1 unspecified atom stereocenters. The van der Waals surface area contributed by atoms with Gasteiger partial charge in [-0.1, -0.05) is 30.3 Å². The van der Waals surface area contributed by atoms with E-state index in [1.807, 2.05) is 50.2 Å². The van der Waals surface area contributed by atoms with E-state index in [1.54, 1.807) is 45.4 Å². The number of ether oxygens (including phenoxy) is 3. The molecule has 2 amide bonds. The van der Waals surface area contributed by atoms with Gasteiger partial charge in [0.15, 0.2) is 17.6 Å². The summed E-state index contributed by atoms with van der Waals surface area (Å²) in [4.78, 5) is 25.7. The number of hydrogen-bond acceptors (Lipinski definition) is 5. The van der Waals surface area contributed by atoms with E-state index < -0.39 is 6.10 Å². The summed E-state index contributed by atoms with van der Waals surface area (Å²) in [5, 5.41) is 5.74. The van der Waals surface area contributed by atoms with Crippen molar-refractivity contribution in [1.29, 1.82) is 0 Å². The van der Waals surface area contributed by atoms with E-state index in [9.17, 15) is 9.59 Å². The van der Waals surface area contributed by atoms with Crippen LogP contribution >= 0.6 is 0 Å². The molecule has 0 spiro atoms. The number of anilines is 1. The smallest absolute Gasteiger partial charge is 0.265 e. The molecule has 0 aliphatic rings. The molecule has 0 radical (unpaired) electrons. The maximum atomic E-state index is 12.9. The van der Waals surface area contributed by atoms with Gasteiger partial charge in [-0.05, 0) is 74.2 Å². The number of methoxy groups -OCH3 is 2. The van der Waals surface area contributed by atoms with E-state index in [0.717, 1.165) is 16.7 Å². The molecular formula is C28H32N2O5. The zero-order chi connectivity index (χ0) is 25.4. The number of amides is 2. The summed E-state index contributed by atoms with van der Waals surface area (Å²) in [5.74, 6) is 1.34. The SMILES string of the molecule is COc1ccc(CCNC(=O)c2ccccc2NC(=O)C(C)Oc2cccc(C)c2C)cc1OC. The molecule has 7 heteroatoms. The second-order valence-electron chi connectivity index (χ2n) is 8.19. The molecule has 184 valence electrons. The van der Waals surface area contributed by atoms with Gasteiger partial charge in [0.2, 0.25) is 0 Å². The molecule has 0 aromatic heterocycles. The molecule has 0 saturated carbocycles. The third kappa shape index (κ3) is 6.53. The van der Waals surface area contributed by atoms with Gasteiger partial charge in [-0.2, -0.15) is 0 Å². The fraction of sp³-hybridized carbons (Fsp3) is 0.286. The number of nitrogens with one attached hydrogen (secondary N) is 2. The Hall–Kier alpha value is -4.00. The Morgan fingerprint density at radius 3 is 2.37 bits per heavy atom. The number of rotatable bonds is 10. The summed E-state index contributed by atoms with van der Waals surface area (Å²) in [6.07, 6.45) is -0.127. The molecule has 3 rings (SSSR count). The normalized spacial score (nSPS) is 11.3. The summed E-state index contributed by atoms with van der Waals surface area (Å²) < 4.78 is 16.5. The van der Waals surface area contributed by atoms with E-state index in [0.29, 0.717) is 41.5 Å². The molecule has 35 heavy (non-hydrogen) atoms. The molecule has 0 bridgehead atoms. The standard InChI is InChI=1S/C28H32N2O5/c1-18-9-8-12-24(19(18)2)35-20(3)27(31)30-23-11-7-6-10-22(23)28(32)29-16-15-21-13-14-25(33-4)26(17-21)34-5/h6-14,17,20H,15-16H2,1-5H3,(H,29,32)(H,30,31). The van der Waals surface area contributed by atoms with Crippen molar-refractivity contribution >= 4 is 17.5 Å². The van der Waals surface area contributed by atoms with Crippen LogP contribution in [-0.4, -0.2) is 38.7 Å². The number of carbonyl (C=O) groups is 2. The maximum Gasteiger partial charge on any atom is 0.265 e. The Bertz CT molecular complexity index is 1190. The molecule has 0 aliphatic carbocycles. The molecular weight excluding hydrogens is 444 g/mol. The van der Waals surface area contributed by atoms with Crippen molar-refractivity contribution in [2.45, 2.75) is 33.3 Å². The molecule has 3 aromatic rings. The topological polar surface area (TPSA) is 85.9 Å². The third-order valence-corrected chi connectivity index (χ3v) is 5.80. The monoisotopic (exact) mass is 476 g/mol. The number of para-hydroxylation sites is 1. The molecule has 3 aromatic carbocycles. The zero-order valence-electron chi connectivity index (χ0n) is 20.8. The second-order valence-corrected chi connectivity index (χ2v) is 8.19. The van der Waals surface area contributed by atoms with Crippen LogP contribution in [0.1, 0.15) is 34.0 Å². The molecule has 2 N–H and O–H groups in total. The van der Waals surface area contributed by atoms with Crippen molar-refractivity contribution in [3.63, 3.8) is 0 Å². The summed E-state index contributed by atoms with van der Waals surface area (Å²) in [5.41, 5.74) is 3.89. The highest BCUT2D eigenvalue weighted by Gasteiger charge is 2.19. The molecule has 0 heterocycles. The first-order valence-corrected chi connectivity index (χ1v) is 11.5. The fourth-order valence-electron chi connectivity index (χ4n) is 3.57. The average molecular weight is 477 g/mol. The van der Waals surface area contributed by atoms with Gasteiger partial charge in [-0.15, -0.1) is 0 Å². The molecule has 7 nitrogen and oxygen atoms in total. The lowest BCUT2D eigenvalue weighted by Crippen LogP contribution is -2.32. The summed E-state index contributed by atoms with van der Waals surface area (Å²) in [6, 6.07) is 18.3. The van der Waals surface area contributed by atoms with Gasteiger partial charge in [-0.25, -0.2) is 0 Å². The van der Waals surface area contributed by atoms with Crippen molar-refractivity contribution in [1.82, 2.24) is 5.32 Å². The Kier molecular flexibility index (Phi) is 8.73. The van der Waals surface area contributed by atoms with Crippen LogP contribution in [0.2, 0.25) is 0 Å². The van der Waals surface area contributed by atoms with Gasteiger partial charge in [0, 0.05) is 6.54 Å². The van der Waals surface area contributed by atoms with Gasteiger partial charge >= 0.3 is 0 Å². The number of hydrogen-bond donors (Lipinski definition) is 2. The van der Waals surface area contributed by atoms with E-state index in [-0.39, 0.29) is 11.8 Å². The zero-order valence-corrected chi connectivity index (χ0v) is 20.8. The van der Waals surface area contributed by atoms with Gasteiger partial charge in [-0.3, -0.25) is 9.59 Å². The maximum absolute atomic E-state index is 12.9. The summed E-state index contributed by atoms with van der Waals surface area (Å²) >= 11 is 0. The van der Waals surface area contributed by atoms with E-state index >= 15 is 0 Å². The van der Waals surface area contributed by atoms with Crippen molar-refractivity contribution < 1.29 is 23.8 Å². The lowest BCUT2D eigenvalue weighted by atomic mass is 10.1. The van der Waals surface area contributed by atoms with Crippen molar-refractivity contribution in [2.24, 2.45) is 0 Å². The first-order valence-electron chi connectivity index (χ1n) is 11.5. The van der Waals surface area contributed by atoms with Gasteiger partial charge in [0.1, 0.15) is 5.75 Å². The average Bonchev–Trinajstić information content (AvgIpc) is 2.86. The minimum atomic E-state index is -0.739. The Labute approximate surface area is 206 Å². The molecule has 1 atom stereocenters. The lowest BCUT2D eigenvalue weighted by Gasteiger charge is -2.18. The minimum Gasteiger partial charge on any atom is -0.493 e. The van der Waals surface area contributed by atoms with Crippen LogP contribution in [0, 0.1) is 13.8 Å². The lowest BCUT2D eigenvalue weighted by molar-refractivity contribution is -0.122. The molecule has 0 fully saturated rings. The van der Waals surface area contributed by atoms with Crippen LogP contribution in [0.4, 0.5) is 5.69 Å². The molecule has 0 aliphatic heterocycles. The number of benzene rings is 3. The highest BCUT2D eigenvalue weighted by molar-refractivity contribution is 6.04. The number of aryl methyl sites for hydroxylation is 1. The first kappa shape index (κ1) is 25.6. The molecule has 0 saturated heterocycles. The van der Waals surface area contributed by atoms with Crippen LogP contribution in [0.5, 0.6) is 17.2 Å². The van der Waals surface area contributed by atoms with Gasteiger partial charge < -0.3 is 24.8 Å². The Morgan fingerprint density at radius 1 is 0.886 bits per heavy atom. The predicted octanol–water partition coefficient (Wildman–Crippen LogP) is 4.70. The van der Waals surface area contributed by atoms with Gasteiger partial charge in [0.25, 0.3) is 11.8 Å². The minimum absolute atomic E-state index is 0.274. The van der Waals surface area contributed by atoms with E-state index in [1.165, 1.54) is 0 Å². The fourth-order valence-corrected chi connectivity index (χ4v) is 3.57. The predicted molar refractivity (Wildman–Crippen MR) is 137 cm³/mol. The van der Waals surface area contributed by atoms with Gasteiger partial charge in [0.05, 0.1) is 25.5 Å². The van der Waals surface area contributed by atoms with E-state index in [2.05, 4.69) is 10.6 Å². The van der Waals surface area contributed by atoms with Crippen LogP contribution in [0.25, 0.3) is 0 Å². The largest absolute Gasteiger partial charge is 0.493 e. The number of carbonyl (C=O) groups excluding carboxylic acids is 2. The summed E-state index contributed by atoms with van der Waals surface area (Å²) in [6.45, 7) is 6.05. The van der Waals surface area contributed by atoms with Crippen molar-refractivity contribution in [2.75, 3.05) is 26.1 Å². The second kappa shape index (κ2) is 11.9. The van der Waals surface area contributed by atoms with Crippen molar-refractivity contribution in [3.8, 4) is 17.2 Å².